The predicted octanol–water partition coefficient (Wildman–Crippen LogP) is 4.82. The summed E-state index contributed by atoms with van der Waals surface area (Å²) in [5, 5.41) is 5.80. The number of halogens is 1. The molecule has 0 spiro atoms. The van der Waals surface area contributed by atoms with Crippen LogP contribution in [-0.2, 0) is 16.1 Å². The first-order valence-electron chi connectivity index (χ1n) is 9.48. The second-order valence-corrected chi connectivity index (χ2v) is 7.40. The zero-order chi connectivity index (χ0) is 21.1. The molecule has 0 saturated heterocycles. The molecule has 0 unspecified atom stereocenters. The summed E-state index contributed by atoms with van der Waals surface area (Å²) in [5.41, 5.74) is 2.98. The van der Waals surface area contributed by atoms with Gasteiger partial charge in [-0.3, -0.25) is 9.59 Å². The van der Waals surface area contributed by atoms with Gasteiger partial charge in [0.1, 0.15) is 18.3 Å². The number of hydrogen-bond acceptors (Lipinski definition) is 4. The molecule has 1 aromatic heterocycles. The van der Waals surface area contributed by atoms with Crippen molar-refractivity contribution in [1.29, 1.82) is 0 Å². The lowest BCUT2D eigenvalue weighted by Gasteiger charge is -2.09. The number of carbonyl (C=O) groups excluding carboxylic acids is 2. The Labute approximate surface area is 178 Å². The molecule has 4 rings (SSSR count). The standard InChI is InChI=1S/C24H19ClN2O3/c1-15-6-7-18-12-20(23(25)27-21(18)10-15)14-30-22(28)13-26-24(29)19-9-8-16-4-2-3-5-17(16)11-19/h2-12H,13-14H2,1H3,(H,26,29). The average Bonchev–Trinajstić information content (AvgIpc) is 2.75. The molecule has 1 N–H and O–H groups in total. The Morgan fingerprint density at radius 1 is 0.967 bits per heavy atom. The third-order valence-electron chi connectivity index (χ3n) is 4.79. The molecule has 0 fully saturated rings. The first kappa shape index (κ1) is 19.9. The molecule has 0 radical (unpaired) electrons. The van der Waals surface area contributed by atoms with Gasteiger partial charge in [0.2, 0.25) is 0 Å². The van der Waals surface area contributed by atoms with Gasteiger partial charge >= 0.3 is 5.97 Å². The number of nitrogens with zero attached hydrogens (tertiary/aromatic N) is 1. The van der Waals surface area contributed by atoms with E-state index in [1.54, 1.807) is 12.1 Å². The smallest absolute Gasteiger partial charge is 0.325 e. The van der Waals surface area contributed by atoms with Crippen LogP contribution in [0.2, 0.25) is 5.15 Å². The number of aryl methyl sites for hydroxylation is 1. The lowest BCUT2D eigenvalue weighted by atomic mass is 10.1. The Kier molecular flexibility index (Phi) is 5.63. The van der Waals surface area contributed by atoms with E-state index < -0.39 is 5.97 Å². The number of nitrogens with one attached hydrogen (secondary N) is 1. The van der Waals surface area contributed by atoms with Crippen LogP contribution >= 0.6 is 11.6 Å². The summed E-state index contributed by atoms with van der Waals surface area (Å²) in [6, 6.07) is 20.9. The van der Waals surface area contributed by atoms with Crippen LogP contribution in [0.5, 0.6) is 0 Å². The van der Waals surface area contributed by atoms with E-state index in [9.17, 15) is 9.59 Å². The van der Waals surface area contributed by atoms with Crippen molar-refractivity contribution >= 4 is 45.2 Å². The number of pyridine rings is 1. The molecule has 5 nitrogen and oxygen atoms in total. The highest BCUT2D eigenvalue weighted by Gasteiger charge is 2.12. The molecule has 0 aliphatic rings. The molecule has 0 aliphatic heterocycles. The molecule has 1 amide bonds. The first-order valence-corrected chi connectivity index (χ1v) is 9.86. The molecule has 6 heteroatoms. The summed E-state index contributed by atoms with van der Waals surface area (Å²) < 4.78 is 5.26. The number of fused-ring (bicyclic) bond motifs is 2. The third kappa shape index (κ3) is 4.42. The van der Waals surface area contributed by atoms with Crippen molar-refractivity contribution < 1.29 is 14.3 Å². The maximum Gasteiger partial charge on any atom is 0.325 e. The minimum Gasteiger partial charge on any atom is -0.459 e. The Morgan fingerprint density at radius 2 is 1.73 bits per heavy atom. The molecule has 0 aliphatic carbocycles. The Hall–Kier alpha value is -3.44. The number of ether oxygens (including phenoxy) is 1. The number of carbonyl (C=O) groups is 2. The van der Waals surface area contributed by atoms with E-state index >= 15 is 0 Å². The van der Waals surface area contributed by atoms with Gasteiger partial charge in [0, 0.05) is 16.5 Å². The number of esters is 1. The SMILES string of the molecule is Cc1ccc2cc(COC(=O)CNC(=O)c3ccc4ccccc4c3)c(Cl)nc2c1. The van der Waals surface area contributed by atoms with Crippen LogP contribution in [-0.4, -0.2) is 23.4 Å². The maximum absolute atomic E-state index is 12.3. The normalized spacial score (nSPS) is 10.9. The highest BCUT2D eigenvalue weighted by Crippen LogP contribution is 2.22. The van der Waals surface area contributed by atoms with Crippen LogP contribution in [0.1, 0.15) is 21.5 Å². The molecule has 0 atom stereocenters. The molecule has 4 aromatic rings. The van der Waals surface area contributed by atoms with E-state index in [1.165, 1.54) is 0 Å². The lowest BCUT2D eigenvalue weighted by molar-refractivity contribution is -0.143. The highest BCUT2D eigenvalue weighted by molar-refractivity contribution is 6.30. The molecule has 1 heterocycles. The number of aromatic nitrogens is 1. The van der Waals surface area contributed by atoms with Crippen molar-refractivity contribution in [2.24, 2.45) is 0 Å². The van der Waals surface area contributed by atoms with E-state index in [0.29, 0.717) is 16.3 Å². The second-order valence-electron chi connectivity index (χ2n) is 7.04. The van der Waals surface area contributed by atoms with Gasteiger partial charge in [0.15, 0.2) is 0 Å². The van der Waals surface area contributed by atoms with E-state index in [0.717, 1.165) is 27.2 Å². The van der Waals surface area contributed by atoms with Crippen LogP contribution in [0.4, 0.5) is 0 Å². The highest BCUT2D eigenvalue weighted by atomic mass is 35.5. The predicted molar refractivity (Wildman–Crippen MR) is 118 cm³/mol. The monoisotopic (exact) mass is 418 g/mol. The zero-order valence-corrected chi connectivity index (χ0v) is 17.1. The number of rotatable bonds is 5. The number of amides is 1. The average molecular weight is 419 g/mol. The summed E-state index contributed by atoms with van der Waals surface area (Å²) in [6.07, 6.45) is 0. The fourth-order valence-electron chi connectivity index (χ4n) is 3.19. The summed E-state index contributed by atoms with van der Waals surface area (Å²) in [6.45, 7) is 1.74. The van der Waals surface area contributed by atoms with Crippen molar-refractivity contribution in [2.45, 2.75) is 13.5 Å². The van der Waals surface area contributed by atoms with Crippen molar-refractivity contribution in [3.63, 3.8) is 0 Å². The molecule has 0 saturated carbocycles. The Morgan fingerprint density at radius 3 is 2.57 bits per heavy atom. The Bertz CT molecular complexity index is 1270. The zero-order valence-electron chi connectivity index (χ0n) is 16.3. The van der Waals surface area contributed by atoms with Gasteiger partial charge in [-0.2, -0.15) is 0 Å². The molecule has 3 aromatic carbocycles. The largest absolute Gasteiger partial charge is 0.459 e. The number of benzene rings is 3. The van der Waals surface area contributed by atoms with Gasteiger partial charge in [-0.15, -0.1) is 0 Å². The van der Waals surface area contributed by atoms with Gasteiger partial charge in [0.25, 0.3) is 5.91 Å². The van der Waals surface area contributed by atoms with Crippen molar-refractivity contribution in [3.8, 4) is 0 Å². The van der Waals surface area contributed by atoms with Crippen LogP contribution in [0.25, 0.3) is 21.7 Å². The van der Waals surface area contributed by atoms with E-state index in [-0.39, 0.29) is 19.1 Å². The molecule has 30 heavy (non-hydrogen) atoms. The lowest BCUT2D eigenvalue weighted by Crippen LogP contribution is -2.30. The topological polar surface area (TPSA) is 68.3 Å². The van der Waals surface area contributed by atoms with Gasteiger partial charge in [0.05, 0.1) is 5.52 Å². The minimum atomic E-state index is -0.552. The molecule has 150 valence electrons. The number of hydrogen-bond donors (Lipinski definition) is 1. The molecular weight excluding hydrogens is 400 g/mol. The second kappa shape index (κ2) is 8.51. The maximum atomic E-state index is 12.3. The molecular formula is C24H19ClN2O3. The molecule has 0 bridgehead atoms. The van der Waals surface area contributed by atoms with Crippen LogP contribution < -0.4 is 5.32 Å². The fourth-order valence-corrected chi connectivity index (χ4v) is 3.39. The van der Waals surface area contributed by atoms with Gasteiger partial charge in [-0.05, 0) is 47.5 Å². The van der Waals surface area contributed by atoms with E-state index in [1.807, 2.05) is 61.5 Å². The van der Waals surface area contributed by atoms with Crippen molar-refractivity contribution in [1.82, 2.24) is 10.3 Å². The van der Waals surface area contributed by atoms with Gasteiger partial charge in [-0.25, -0.2) is 4.98 Å². The quantitative estimate of drug-likeness (QED) is 0.372. The van der Waals surface area contributed by atoms with Crippen molar-refractivity contribution in [3.05, 3.63) is 88.6 Å². The van der Waals surface area contributed by atoms with Gasteiger partial charge < -0.3 is 10.1 Å². The first-order chi connectivity index (χ1) is 14.5. The third-order valence-corrected chi connectivity index (χ3v) is 5.12. The summed E-state index contributed by atoms with van der Waals surface area (Å²) in [7, 11) is 0. The summed E-state index contributed by atoms with van der Waals surface area (Å²) in [4.78, 5) is 28.8. The summed E-state index contributed by atoms with van der Waals surface area (Å²) >= 11 is 6.22. The minimum absolute atomic E-state index is 0.0136. The fraction of sp³-hybridized carbons (Fsp3) is 0.125. The van der Waals surface area contributed by atoms with Gasteiger partial charge in [-0.1, -0.05) is 54.1 Å². The summed E-state index contributed by atoms with van der Waals surface area (Å²) in [5.74, 6) is -0.886. The van der Waals surface area contributed by atoms with Crippen LogP contribution in [0.15, 0.2) is 66.7 Å². The van der Waals surface area contributed by atoms with Crippen LogP contribution in [0, 0.1) is 6.92 Å². The Balaban J connectivity index is 1.35. The van der Waals surface area contributed by atoms with E-state index in [4.69, 9.17) is 16.3 Å². The van der Waals surface area contributed by atoms with Crippen LogP contribution in [0.3, 0.4) is 0 Å². The van der Waals surface area contributed by atoms with E-state index in [2.05, 4.69) is 10.3 Å². The van der Waals surface area contributed by atoms with Crippen molar-refractivity contribution in [2.75, 3.05) is 6.54 Å².